The lowest BCUT2D eigenvalue weighted by molar-refractivity contribution is 0.248. The number of aromatic hydroxyl groups is 1. The third-order valence-electron chi connectivity index (χ3n) is 3.74. The molecule has 1 aliphatic rings. The molecule has 0 spiro atoms. The van der Waals surface area contributed by atoms with Gasteiger partial charge in [0.05, 0.1) is 0 Å². The van der Waals surface area contributed by atoms with Crippen molar-refractivity contribution in [1.29, 1.82) is 0 Å². The fourth-order valence-corrected chi connectivity index (χ4v) is 2.56. The van der Waals surface area contributed by atoms with E-state index in [1.165, 1.54) is 18.5 Å². The summed E-state index contributed by atoms with van der Waals surface area (Å²) in [6, 6.07) is 8.07. The number of hydrogen-bond donors (Lipinski definition) is 2. The summed E-state index contributed by atoms with van der Waals surface area (Å²) in [5.41, 5.74) is 6.99. The first-order chi connectivity index (χ1) is 8.19. The lowest BCUT2D eigenvalue weighted by Crippen LogP contribution is -2.33. The van der Waals surface area contributed by atoms with Crippen LogP contribution in [0.4, 0.5) is 0 Å². The predicted octanol–water partition coefficient (Wildman–Crippen LogP) is 1.60. The number of phenols is 1. The molecule has 2 atom stereocenters. The number of benzene rings is 1. The second kappa shape index (κ2) is 5.52. The molecular weight excluding hydrogens is 212 g/mol. The summed E-state index contributed by atoms with van der Waals surface area (Å²) in [4.78, 5) is 2.52. The van der Waals surface area contributed by atoms with E-state index >= 15 is 0 Å². The zero-order valence-corrected chi connectivity index (χ0v) is 10.5. The molecule has 1 fully saturated rings. The van der Waals surface area contributed by atoms with Gasteiger partial charge in [0.2, 0.25) is 0 Å². The van der Waals surface area contributed by atoms with Crippen LogP contribution in [0.1, 0.15) is 18.9 Å². The van der Waals surface area contributed by atoms with Crippen molar-refractivity contribution >= 4 is 0 Å². The summed E-state index contributed by atoms with van der Waals surface area (Å²) in [6.45, 7) is 5.38. The van der Waals surface area contributed by atoms with E-state index in [0.717, 1.165) is 19.5 Å². The van der Waals surface area contributed by atoms with Crippen LogP contribution in [0.5, 0.6) is 5.75 Å². The average Bonchev–Trinajstić information content (AvgIpc) is 2.81. The monoisotopic (exact) mass is 234 g/mol. The molecule has 3 heteroatoms. The number of hydrogen-bond acceptors (Lipinski definition) is 3. The molecule has 0 bridgehead atoms. The first kappa shape index (κ1) is 12.4. The molecule has 3 N–H and O–H groups in total. The van der Waals surface area contributed by atoms with E-state index in [1.54, 1.807) is 12.1 Å². The zero-order chi connectivity index (χ0) is 12.3. The maximum Gasteiger partial charge on any atom is 0.115 e. The smallest absolute Gasteiger partial charge is 0.115 e. The molecule has 1 aromatic carbocycles. The van der Waals surface area contributed by atoms with E-state index in [0.29, 0.717) is 17.7 Å². The van der Waals surface area contributed by atoms with Crippen LogP contribution < -0.4 is 5.73 Å². The van der Waals surface area contributed by atoms with Gasteiger partial charge in [-0.05, 0) is 56.5 Å². The van der Waals surface area contributed by atoms with Crippen LogP contribution in [0, 0.1) is 5.92 Å². The molecule has 1 aromatic rings. The summed E-state index contributed by atoms with van der Waals surface area (Å²) in [6.07, 6.45) is 2.27. The Hall–Kier alpha value is -1.06. The van der Waals surface area contributed by atoms with Crippen LogP contribution in [0.15, 0.2) is 24.3 Å². The van der Waals surface area contributed by atoms with Crippen molar-refractivity contribution in [3.05, 3.63) is 29.8 Å². The molecule has 1 saturated heterocycles. The van der Waals surface area contributed by atoms with Crippen LogP contribution in [0.25, 0.3) is 0 Å². The Balaban J connectivity index is 1.89. The average molecular weight is 234 g/mol. The van der Waals surface area contributed by atoms with Gasteiger partial charge in [0.15, 0.2) is 0 Å². The molecular formula is C14H22N2O. The fraction of sp³-hybridized carbons (Fsp3) is 0.571. The summed E-state index contributed by atoms with van der Waals surface area (Å²) >= 11 is 0. The van der Waals surface area contributed by atoms with Gasteiger partial charge >= 0.3 is 0 Å². The second-order valence-electron chi connectivity index (χ2n) is 5.10. The van der Waals surface area contributed by atoms with Gasteiger partial charge in [-0.1, -0.05) is 12.1 Å². The molecule has 2 rings (SSSR count). The van der Waals surface area contributed by atoms with Gasteiger partial charge in [-0.25, -0.2) is 0 Å². The molecule has 0 saturated carbocycles. The van der Waals surface area contributed by atoms with Crippen molar-refractivity contribution in [1.82, 2.24) is 4.90 Å². The third-order valence-corrected chi connectivity index (χ3v) is 3.74. The van der Waals surface area contributed by atoms with Crippen molar-refractivity contribution in [2.24, 2.45) is 11.7 Å². The number of nitrogens with zero attached hydrogens (tertiary/aromatic N) is 1. The standard InChI is InChI=1S/C14H22N2O/c1-11(16-7-6-13(9-15)10-16)8-12-2-4-14(17)5-3-12/h2-5,11,13,17H,6-10,15H2,1H3. The van der Waals surface area contributed by atoms with Gasteiger partial charge in [0, 0.05) is 12.6 Å². The van der Waals surface area contributed by atoms with E-state index in [-0.39, 0.29) is 0 Å². The van der Waals surface area contributed by atoms with E-state index < -0.39 is 0 Å². The first-order valence-electron chi connectivity index (χ1n) is 6.41. The van der Waals surface area contributed by atoms with Crippen molar-refractivity contribution in [3.8, 4) is 5.75 Å². The molecule has 2 unspecified atom stereocenters. The Bertz CT molecular complexity index is 350. The zero-order valence-electron chi connectivity index (χ0n) is 10.5. The summed E-state index contributed by atoms with van der Waals surface area (Å²) in [5.74, 6) is 1.02. The highest BCUT2D eigenvalue weighted by Crippen LogP contribution is 2.20. The molecule has 0 radical (unpaired) electrons. The summed E-state index contributed by atoms with van der Waals surface area (Å²) < 4.78 is 0. The minimum atomic E-state index is 0.339. The van der Waals surface area contributed by atoms with Crippen LogP contribution >= 0.6 is 0 Å². The highest BCUT2D eigenvalue weighted by molar-refractivity contribution is 5.26. The maximum atomic E-state index is 9.24. The van der Waals surface area contributed by atoms with Gasteiger partial charge in [-0.3, -0.25) is 4.90 Å². The fourth-order valence-electron chi connectivity index (χ4n) is 2.56. The molecule has 0 aromatic heterocycles. The topological polar surface area (TPSA) is 49.5 Å². The Morgan fingerprint density at radius 2 is 2.12 bits per heavy atom. The molecule has 3 nitrogen and oxygen atoms in total. The Labute approximate surface area is 103 Å². The first-order valence-corrected chi connectivity index (χ1v) is 6.41. The maximum absolute atomic E-state index is 9.24. The quantitative estimate of drug-likeness (QED) is 0.832. The Morgan fingerprint density at radius 1 is 1.41 bits per heavy atom. The molecule has 17 heavy (non-hydrogen) atoms. The largest absolute Gasteiger partial charge is 0.508 e. The summed E-state index contributed by atoms with van der Waals surface area (Å²) in [7, 11) is 0. The van der Waals surface area contributed by atoms with Gasteiger partial charge in [0.25, 0.3) is 0 Å². The minimum Gasteiger partial charge on any atom is -0.508 e. The molecule has 1 aliphatic heterocycles. The number of nitrogens with two attached hydrogens (primary N) is 1. The molecule has 0 amide bonds. The normalized spacial score (nSPS) is 22.8. The van der Waals surface area contributed by atoms with Gasteiger partial charge < -0.3 is 10.8 Å². The van der Waals surface area contributed by atoms with Crippen molar-refractivity contribution in [3.63, 3.8) is 0 Å². The Kier molecular flexibility index (Phi) is 4.02. The lowest BCUT2D eigenvalue weighted by atomic mass is 10.1. The van der Waals surface area contributed by atoms with E-state index in [2.05, 4.69) is 11.8 Å². The number of likely N-dealkylation sites (tertiary alicyclic amines) is 1. The van der Waals surface area contributed by atoms with Crippen molar-refractivity contribution in [2.75, 3.05) is 19.6 Å². The van der Waals surface area contributed by atoms with E-state index in [4.69, 9.17) is 5.73 Å². The highest BCUT2D eigenvalue weighted by atomic mass is 16.3. The molecule has 0 aliphatic carbocycles. The van der Waals surface area contributed by atoms with Crippen LogP contribution in [-0.4, -0.2) is 35.7 Å². The van der Waals surface area contributed by atoms with Crippen molar-refractivity contribution < 1.29 is 5.11 Å². The summed E-state index contributed by atoms with van der Waals surface area (Å²) in [5, 5.41) is 9.24. The number of phenolic OH excluding ortho intramolecular Hbond substituents is 1. The van der Waals surface area contributed by atoms with E-state index in [9.17, 15) is 5.11 Å². The lowest BCUT2D eigenvalue weighted by Gasteiger charge is -2.24. The third kappa shape index (κ3) is 3.20. The highest BCUT2D eigenvalue weighted by Gasteiger charge is 2.24. The van der Waals surface area contributed by atoms with Crippen LogP contribution in [0.3, 0.4) is 0 Å². The number of rotatable bonds is 4. The minimum absolute atomic E-state index is 0.339. The predicted molar refractivity (Wildman–Crippen MR) is 70.0 cm³/mol. The van der Waals surface area contributed by atoms with Crippen LogP contribution in [-0.2, 0) is 6.42 Å². The Morgan fingerprint density at radius 3 is 2.71 bits per heavy atom. The SMILES string of the molecule is CC(Cc1ccc(O)cc1)N1CCC(CN)C1. The molecule has 94 valence electrons. The van der Waals surface area contributed by atoms with E-state index in [1.807, 2.05) is 12.1 Å². The molecule has 1 heterocycles. The van der Waals surface area contributed by atoms with Gasteiger partial charge in [-0.2, -0.15) is 0 Å². The second-order valence-corrected chi connectivity index (χ2v) is 5.10. The van der Waals surface area contributed by atoms with Crippen LogP contribution in [0.2, 0.25) is 0 Å². The van der Waals surface area contributed by atoms with Gasteiger partial charge in [-0.15, -0.1) is 0 Å². The van der Waals surface area contributed by atoms with Gasteiger partial charge in [0.1, 0.15) is 5.75 Å². The van der Waals surface area contributed by atoms with Crippen molar-refractivity contribution in [2.45, 2.75) is 25.8 Å².